The van der Waals surface area contributed by atoms with E-state index in [1.807, 2.05) is 12.1 Å². The van der Waals surface area contributed by atoms with Crippen molar-refractivity contribution in [3.63, 3.8) is 0 Å². The molecule has 23 heavy (non-hydrogen) atoms. The average Bonchev–Trinajstić information content (AvgIpc) is 2.46. The number of halogens is 1. The van der Waals surface area contributed by atoms with Gasteiger partial charge in [0.15, 0.2) is 5.96 Å². The molecule has 0 unspecified atom stereocenters. The number of hydrogen-bond donors (Lipinski definition) is 2. The van der Waals surface area contributed by atoms with E-state index in [9.17, 15) is 0 Å². The fourth-order valence-corrected chi connectivity index (χ4v) is 2.38. The number of ether oxygens (including phenoxy) is 1. The van der Waals surface area contributed by atoms with Gasteiger partial charge in [0.05, 0.1) is 7.11 Å². The van der Waals surface area contributed by atoms with Gasteiger partial charge in [-0.15, -0.1) is 24.0 Å². The lowest BCUT2D eigenvalue weighted by molar-refractivity contribution is 0.241. The molecular weight excluding hydrogens is 403 g/mol. The van der Waals surface area contributed by atoms with Crippen molar-refractivity contribution in [1.82, 2.24) is 15.5 Å². The molecule has 1 aromatic carbocycles. The quantitative estimate of drug-likeness (QED) is 0.394. The van der Waals surface area contributed by atoms with E-state index < -0.39 is 0 Å². The molecule has 132 valence electrons. The molecule has 1 aromatic rings. The number of hydrogen-bond acceptors (Lipinski definition) is 3. The van der Waals surface area contributed by atoms with Gasteiger partial charge >= 0.3 is 0 Å². The summed E-state index contributed by atoms with van der Waals surface area (Å²) < 4.78 is 5.16. The van der Waals surface area contributed by atoms with Crippen LogP contribution in [0.4, 0.5) is 0 Å². The van der Waals surface area contributed by atoms with Gasteiger partial charge in [0, 0.05) is 26.7 Å². The van der Waals surface area contributed by atoms with Gasteiger partial charge < -0.3 is 20.3 Å². The highest BCUT2D eigenvalue weighted by Crippen LogP contribution is 2.14. The standard InChI is InChI=1S/C17H30N4O.HI/c1-17(2,13-21(4)5)12-20-16(18-3)19-11-14-7-9-15(22-6)10-8-14;/h7-10H,11-13H2,1-6H3,(H2,18,19,20);1H. The summed E-state index contributed by atoms with van der Waals surface area (Å²) in [6.07, 6.45) is 0. The summed E-state index contributed by atoms with van der Waals surface area (Å²) in [5.74, 6) is 1.69. The molecule has 0 bridgehead atoms. The molecule has 0 saturated carbocycles. The Morgan fingerprint density at radius 2 is 1.78 bits per heavy atom. The largest absolute Gasteiger partial charge is 0.497 e. The summed E-state index contributed by atoms with van der Waals surface area (Å²) in [5.41, 5.74) is 1.37. The Bertz CT molecular complexity index is 472. The maximum Gasteiger partial charge on any atom is 0.191 e. The highest BCUT2D eigenvalue weighted by Gasteiger charge is 2.19. The van der Waals surface area contributed by atoms with Crippen LogP contribution in [0.25, 0.3) is 0 Å². The van der Waals surface area contributed by atoms with Crippen molar-refractivity contribution < 1.29 is 4.74 Å². The summed E-state index contributed by atoms with van der Waals surface area (Å²) >= 11 is 0. The van der Waals surface area contributed by atoms with Gasteiger partial charge in [0.1, 0.15) is 5.75 Å². The van der Waals surface area contributed by atoms with Gasteiger partial charge in [-0.3, -0.25) is 4.99 Å². The zero-order valence-corrected chi connectivity index (χ0v) is 17.5. The highest BCUT2D eigenvalue weighted by molar-refractivity contribution is 14.0. The second-order valence-electron chi connectivity index (χ2n) is 6.53. The van der Waals surface area contributed by atoms with Crippen LogP contribution in [0.2, 0.25) is 0 Å². The van der Waals surface area contributed by atoms with E-state index in [1.54, 1.807) is 14.2 Å². The number of aliphatic imine (C=N–C) groups is 1. The first kappa shape index (κ1) is 22.0. The van der Waals surface area contributed by atoms with Crippen LogP contribution in [0.1, 0.15) is 19.4 Å². The molecule has 0 amide bonds. The summed E-state index contributed by atoms with van der Waals surface area (Å²) in [7, 11) is 7.66. The second-order valence-corrected chi connectivity index (χ2v) is 6.53. The highest BCUT2D eigenvalue weighted by atomic mass is 127. The topological polar surface area (TPSA) is 48.9 Å². The van der Waals surface area contributed by atoms with Crippen molar-refractivity contribution in [2.45, 2.75) is 20.4 Å². The van der Waals surface area contributed by atoms with E-state index in [0.717, 1.165) is 31.3 Å². The van der Waals surface area contributed by atoms with Crippen LogP contribution in [0.15, 0.2) is 29.3 Å². The van der Waals surface area contributed by atoms with Crippen molar-refractivity contribution in [1.29, 1.82) is 0 Å². The van der Waals surface area contributed by atoms with Crippen molar-refractivity contribution >= 4 is 29.9 Å². The molecule has 0 aliphatic carbocycles. The Kier molecular flexibility index (Phi) is 10.2. The van der Waals surface area contributed by atoms with E-state index in [2.05, 4.69) is 60.6 Å². The van der Waals surface area contributed by atoms with Gasteiger partial charge in [-0.2, -0.15) is 0 Å². The molecule has 0 fully saturated rings. The molecule has 0 spiro atoms. The molecule has 0 aliphatic rings. The summed E-state index contributed by atoms with van der Waals surface area (Å²) in [5, 5.41) is 6.73. The Labute approximate surface area is 157 Å². The Balaban J connectivity index is 0.00000484. The monoisotopic (exact) mass is 434 g/mol. The van der Waals surface area contributed by atoms with Crippen LogP contribution in [-0.2, 0) is 6.54 Å². The fourth-order valence-electron chi connectivity index (χ4n) is 2.38. The average molecular weight is 434 g/mol. The lowest BCUT2D eigenvalue weighted by Crippen LogP contribution is -2.44. The van der Waals surface area contributed by atoms with E-state index in [-0.39, 0.29) is 29.4 Å². The molecule has 6 heteroatoms. The van der Waals surface area contributed by atoms with Crippen molar-refractivity contribution in [2.75, 3.05) is 41.3 Å². The number of rotatable bonds is 7. The molecule has 0 aliphatic heterocycles. The maximum atomic E-state index is 5.16. The molecule has 0 aromatic heterocycles. The van der Waals surface area contributed by atoms with E-state index in [4.69, 9.17) is 4.74 Å². The van der Waals surface area contributed by atoms with Gasteiger partial charge in [-0.25, -0.2) is 0 Å². The van der Waals surface area contributed by atoms with Crippen molar-refractivity contribution in [3.8, 4) is 5.75 Å². The van der Waals surface area contributed by atoms with Crippen molar-refractivity contribution in [2.24, 2.45) is 10.4 Å². The number of nitrogens with zero attached hydrogens (tertiary/aromatic N) is 2. The first-order valence-electron chi connectivity index (χ1n) is 7.58. The Morgan fingerprint density at radius 3 is 2.26 bits per heavy atom. The van der Waals surface area contributed by atoms with Crippen molar-refractivity contribution in [3.05, 3.63) is 29.8 Å². The number of benzene rings is 1. The predicted molar refractivity (Wildman–Crippen MR) is 109 cm³/mol. The minimum atomic E-state index is 0. The van der Waals surface area contributed by atoms with Crippen LogP contribution < -0.4 is 15.4 Å². The lowest BCUT2D eigenvalue weighted by Gasteiger charge is -2.29. The number of guanidine groups is 1. The molecule has 0 atom stereocenters. The van der Waals surface area contributed by atoms with E-state index >= 15 is 0 Å². The van der Waals surface area contributed by atoms with Crippen LogP contribution in [0.3, 0.4) is 0 Å². The first-order valence-corrected chi connectivity index (χ1v) is 7.58. The third-order valence-corrected chi connectivity index (χ3v) is 3.32. The van der Waals surface area contributed by atoms with Gasteiger partial charge in [-0.1, -0.05) is 26.0 Å². The minimum absolute atomic E-state index is 0. The first-order chi connectivity index (χ1) is 10.4. The number of nitrogens with one attached hydrogen (secondary N) is 2. The van der Waals surface area contributed by atoms with Crippen LogP contribution in [-0.4, -0.2) is 52.2 Å². The smallest absolute Gasteiger partial charge is 0.191 e. The molecule has 2 N–H and O–H groups in total. The Morgan fingerprint density at radius 1 is 1.17 bits per heavy atom. The third-order valence-electron chi connectivity index (χ3n) is 3.32. The molecule has 0 radical (unpaired) electrons. The minimum Gasteiger partial charge on any atom is -0.497 e. The zero-order chi connectivity index (χ0) is 16.6. The van der Waals surface area contributed by atoms with Gasteiger partial charge in [0.2, 0.25) is 0 Å². The molecule has 0 saturated heterocycles. The van der Waals surface area contributed by atoms with E-state index in [0.29, 0.717) is 0 Å². The van der Waals surface area contributed by atoms with E-state index in [1.165, 1.54) is 5.56 Å². The second kappa shape index (κ2) is 10.7. The lowest BCUT2D eigenvalue weighted by atomic mass is 9.93. The third kappa shape index (κ3) is 9.00. The predicted octanol–water partition coefficient (Wildman–Crippen LogP) is 2.57. The van der Waals surface area contributed by atoms with Crippen LogP contribution in [0, 0.1) is 5.41 Å². The molecule has 1 rings (SSSR count). The maximum absolute atomic E-state index is 5.16. The summed E-state index contributed by atoms with van der Waals surface area (Å²) in [4.78, 5) is 6.48. The van der Waals surface area contributed by atoms with Crippen LogP contribution >= 0.6 is 24.0 Å². The summed E-state index contributed by atoms with van der Waals surface area (Å²) in [6, 6.07) is 8.03. The normalized spacial score (nSPS) is 11.9. The zero-order valence-electron chi connectivity index (χ0n) is 15.1. The fraction of sp³-hybridized carbons (Fsp3) is 0.588. The SMILES string of the molecule is CN=C(NCc1ccc(OC)cc1)NCC(C)(C)CN(C)C.I. The van der Waals surface area contributed by atoms with Gasteiger partial charge in [0.25, 0.3) is 0 Å². The van der Waals surface area contributed by atoms with Gasteiger partial charge in [-0.05, 0) is 37.2 Å². The molecule has 0 heterocycles. The number of methoxy groups -OCH3 is 1. The van der Waals surface area contributed by atoms with Crippen LogP contribution in [0.5, 0.6) is 5.75 Å². The molecule has 5 nitrogen and oxygen atoms in total. The Hall–Kier alpha value is -1.02. The molecular formula is C17H31IN4O. The summed E-state index contributed by atoms with van der Waals surface area (Å²) in [6.45, 7) is 7.12.